The van der Waals surface area contributed by atoms with Crippen LogP contribution in [-0.4, -0.2) is 35.5 Å². The number of nitrogens with zero attached hydrogens (tertiary/aromatic N) is 1. The molecule has 0 radical (unpaired) electrons. The van der Waals surface area contributed by atoms with Crippen molar-refractivity contribution in [3.8, 4) is 0 Å². The Morgan fingerprint density at radius 3 is 3.14 bits per heavy atom. The van der Waals surface area contributed by atoms with Gasteiger partial charge in [0.15, 0.2) is 0 Å². The summed E-state index contributed by atoms with van der Waals surface area (Å²) >= 11 is 1.59. The van der Waals surface area contributed by atoms with Gasteiger partial charge in [-0.3, -0.25) is 4.79 Å². The van der Waals surface area contributed by atoms with E-state index >= 15 is 0 Å². The highest BCUT2D eigenvalue weighted by Gasteiger charge is 2.16. The van der Waals surface area contributed by atoms with Crippen molar-refractivity contribution in [2.75, 3.05) is 18.9 Å². The summed E-state index contributed by atoms with van der Waals surface area (Å²) < 4.78 is 7.60. The largest absolute Gasteiger partial charge is 0.376 e. The molecule has 0 saturated carbocycles. The van der Waals surface area contributed by atoms with Crippen molar-refractivity contribution in [3.05, 3.63) is 30.5 Å². The quantitative estimate of drug-likeness (QED) is 0.863. The van der Waals surface area contributed by atoms with Crippen LogP contribution in [0.4, 0.5) is 0 Å². The zero-order chi connectivity index (χ0) is 14.7. The second kappa shape index (κ2) is 6.54. The van der Waals surface area contributed by atoms with Crippen LogP contribution in [0.25, 0.3) is 10.9 Å². The van der Waals surface area contributed by atoms with Crippen molar-refractivity contribution >= 4 is 28.6 Å². The summed E-state index contributed by atoms with van der Waals surface area (Å²) in [6, 6.07) is 8.26. The molecule has 1 aromatic heterocycles. The summed E-state index contributed by atoms with van der Waals surface area (Å²) in [6.07, 6.45) is 4.45. The number of rotatable bonds is 5. The fourth-order valence-corrected chi connectivity index (χ4v) is 3.60. The lowest BCUT2D eigenvalue weighted by molar-refractivity contribution is -0.119. The lowest BCUT2D eigenvalue weighted by Crippen LogP contribution is -2.32. The van der Waals surface area contributed by atoms with Crippen molar-refractivity contribution in [1.82, 2.24) is 9.88 Å². The smallest absolute Gasteiger partial charge is 0.230 e. The van der Waals surface area contributed by atoms with Gasteiger partial charge in [0, 0.05) is 42.2 Å². The van der Waals surface area contributed by atoms with Gasteiger partial charge in [0.1, 0.15) is 0 Å². The molecule has 21 heavy (non-hydrogen) atoms. The Balaban J connectivity index is 1.55. The van der Waals surface area contributed by atoms with Crippen LogP contribution in [-0.2, 0) is 16.6 Å². The number of aromatic nitrogens is 1. The molecular formula is C16H20N2O2S. The summed E-state index contributed by atoms with van der Waals surface area (Å²) in [6.45, 7) is 1.46. The predicted molar refractivity (Wildman–Crippen MR) is 85.6 cm³/mol. The number of para-hydroxylation sites is 1. The van der Waals surface area contributed by atoms with Gasteiger partial charge < -0.3 is 14.6 Å². The van der Waals surface area contributed by atoms with Gasteiger partial charge in [0.25, 0.3) is 0 Å². The number of thioether (sulfide) groups is 1. The average Bonchev–Trinajstić information content (AvgIpc) is 3.12. The van der Waals surface area contributed by atoms with Gasteiger partial charge in [-0.05, 0) is 18.9 Å². The Bertz CT molecular complexity index is 632. The zero-order valence-electron chi connectivity index (χ0n) is 12.2. The van der Waals surface area contributed by atoms with E-state index in [1.807, 2.05) is 19.2 Å². The minimum absolute atomic E-state index is 0.0726. The van der Waals surface area contributed by atoms with Crippen LogP contribution in [0.2, 0.25) is 0 Å². The first kappa shape index (κ1) is 14.5. The van der Waals surface area contributed by atoms with Crippen molar-refractivity contribution in [3.63, 3.8) is 0 Å². The van der Waals surface area contributed by atoms with Crippen molar-refractivity contribution in [1.29, 1.82) is 0 Å². The third-order valence-electron chi connectivity index (χ3n) is 3.77. The molecule has 2 heterocycles. The highest BCUT2D eigenvalue weighted by molar-refractivity contribution is 8.00. The minimum atomic E-state index is 0.0726. The van der Waals surface area contributed by atoms with Gasteiger partial charge in [-0.2, -0.15) is 0 Å². The van der Waals surface area contributed by atoms with Gasteiger partial charge in [-0.25, -0.2) is 0 Å². The number of benzene rings is 1. The van der Waals surface area contributed by atoms with Crippen molar-refractivity contribution in [2.45, 2.75) is 23.8 Å². The SMILES string of the molecule is Cn1cc(SCC(=O)NC[C@H]2CCCO2)c2ccccc21. The molecule has 0 unspecified atom stereocenters. The number of carbonyl (C=O) groups is 1. The molecule has 1 amide bonds. The number of fused-ring (bicyclic) bond motifs is 1. The third-order valence-corrected chi connectivity index (χ3v) is 4.81. The van der Waals surface area contributed by atoms with Gasteiger partial charge >= 0.3 is 0 Å². The van der Waals surface area contributed by atoms with Gasteiger partial charge in [-0.1, -0.05) is 18.2 Å². The first-order valence-electron chi connectivity index (χ1n) is 7.29. The van der Waals surface area contributed by atoms with Crippen LogP contribution < -0.4 is 5.32 Å². The monoisotopic (exact) mass is 304 g/mol. The standard InChI is InChI=1S/C16H20N2O2S/c1-18-10-15(13-6-2-3-7-14(13)18)21-11-16(19)17-9-12-5-4-8-20-12/h2-3,6-7,10,12H,4-5,8-9,11H2,1H3,(H,17,19)/t12-/m1/s1. The summed E-state index contributed by atoms with van der Waals surface area (Å²) in [7, 11) is 2.03. The molecule has 1 N–H and O–H groups in total. The molecule has 1 aliphatic rings. The number of hydrogen-bond acceptors (Lipinski definition) is 3. The van der Waals surface area contributed by atoms with E-state index in [2.05, 4.69) is 28.2 Å². The molecule has 4 nitrogen and oxygen atoms in total. The Morgan fingerprint density at radius 1 is 1.48 bits per heavy atom. The second-order valence-electron chi connectivity index (χ2n) is 5.35. The summed E-state index contributed by atoms with van der Waals surface area (Å²) in [4.78, 5) is 13.1. The summed E-state index contributed by atoms with van der Waals surface area (Å²) in [5, 5.41) is 4.16. The van der Waals surface area contributed by atoms with Crippen LogP contribution in [0.1, 0.15) is 12.8 Å². The van der Waals surface area contributed by atoms with Crippen LogP contribution in [0, 0.1) is 0 Å². The topological polar surface area (TPSA) is 43.3 Å². The van der Waals surface area contributed by atoms with Gasteiger partial charge in [-0.15, -0.1) is 11.8 Å². The van der Waals surface area contributed by atoms with E-state index in [0.717, 1.165) is 24.3 Å². The number of amides is 1. The maximum atomic E-state index is 11.9. The zero-order valence-corrected chi connectivity index (χ0v) is 13.0. The average molecular weight is 304 g/mol. The van der Waals surface area contributed by atoms with Crippen LogP contribution >= 0.6 is 11.8 Å². The third kappa shape index (κ3) is 3.41. The minimum Gasteiger partial charge on any atom is -0.376 e. The van der Waals surface area contributed by atoms with Crippen molar-refractivity contribution in [2.24, 2.45) is 7.05 Å². The molecule has 1 aliphatic heterocycles. The molecule has 0 bridgehead atoms. The first-order valence-corrected chi connectivity index (χ1v) is 8.28. The van der Waals surface area contributed by atoms with Crippen LogP contribution in [0.5, 0.6) is 0 Å². The Kier molecular flexibility index (Phi) is 4.51. The van der Waals surface area contributed by atoms with E-state index < -0.39 is 0 Å². The van der Waals surface area contributed by atoms with Gasteiger partial charge in [0.2, 0.25) is 5.91 Å². The van der Waals surface area contributed by atoms with E-state index in [1.54, 1.807) is 11.8 Å². The summed E-state index contributed by atoms with van der Waals surface area (Å²) in [5.74, 6) is 0.518. The summed E-state index contributed by atoms with van der Waals surface area (Å²) in [5.41, 5.74) is 1.19. The number of hydrogen-bond donors (Lipinski definition) is 1. The molecule has 1 saturated heterocycles. The molecule has 1 fully saturated rings. The first-order chi connectivity index (χ1) is 10.2. The van der Waals surface area contributed by atoms with E-state index in [4.69, 9.17) is 4.74 Å². The predicted octanol–water partition coefficient (Wildman–Crippen LogP) is 2.57. The number of ether oxygens (including phenoxy) is 1. The molecule has 1 atom stereocenters. The molecule has 0 spiro atoms. The Labute approximate surface area is 128 Å². The Morgan fingerprint density at radius 2 is 2.33 bits per heavy atom. The molecular weight excluding hydrogens is 284 g/mol. The lowest BCUT2D eigenvalue weighted by Gasteiger charge is -2.10. The van der Waals surface area contributed by atoms with Gasteiger partial charge in [0.05, 0.1) is 11.9 Å². The number of aryl methyl sites for hydroxylation is 1. The highest BCUT2D eigenvalue weighted by Crippen LogP contribution is 2.29. The normalized spacial score (nSPS) is 18.2. The number of nitrogens with one attached hydrogen (secondary N) is 1. The van der Waals surface area contributed by atoms with Crippen LogP contribution in [0.15, 0.2) is 35.4 Å². The maximum Gasteiger partial charge on any atom is 0.230 e. The second-order valence-corrected chi connectivity index (χ2v) is 6.37. The van der Waals surface area contributed by atoms with E-state index in [-0.39, 0.29) is 12.0 Å². The number of carbonyl (C=O) groups excluding carboxylic acids is 1. The highest BCUT2D eigenvalue weighted by atomic mass is 32.2. The Hall–Kier alpha value is -1.46. The van der Waals surface area contributed by atoms with E-state index in [9.17, 15) is 4.79 Å². The molecule has 112 valence electrons. The van der Waals surface area contributed by atoms with Crippen LogP contribution in [0.3, 0.4) is 0 Å². The molecule has 5 heteroatoms. The lowest BCUT2D eigenvalue weighted by atomic mass is 10.2. The fourth-order valence-electron chi connectivity index (χ4n) is 2.65. The van der Waals surface area contributed by atoms with E-state index in [1.165, 1.54) is 10.9 Å². The molecule has 3 rings (SSSR count). The molecule has 1 aromatic carbocycles. The van der Waals surface area contributed by atoms with E-state index in [0.29, 0.717) is 12.3 Å². The molecule has 0 aliphatic carbocycles. The maximum absolute atomic E-state index is 11.9. The van der Waals surface area contributed by atoms with Crippen molar-refractivity contribution < 1.29 is 9.53 Å². The fraction of sp³-hybridized carbons (Fsp3) is 0.438. The molecule has 2 aromatic rings.